The van der Waals surface area contributed by atoms with E-state index < -0.39 is 0 Å². The summed E-state index contributed by atoms with van der Waals surface area (Å²) in [6.07, 6.45) is 2.60. The van der Waals surface area contributed by atoms with Gasteiger partial charge in [-0.1, -0.05) is 6.07 Å². The molecule has 96 valence electrons. The van der Waals surface area contributed by atoms with Crippen LogP contribution in [0.1, 0.15) is 11.3 Å². The number of nitrogens with zero attached hydrogens (tertiary/aromatic N) is 1. The second kappa shape index (κ2) is 6.08. The van der Waals surface area contributed by atoms with Crippen molar-refractivity contribution in [2.45, 2.75) is 6.42 Å². The van der Waals surface area contributed by atoms with E-state index in [1.807, 2.05) is 23.6 Å². The van der Waals surface area contributed by atoms with Crippen molar-refractivity contribution < 1.29 is 9.53 Å². The molecule has 18 heavy (non-hydrogen) atoms. The molecule has 2 heterocycles. The molecule has 1 aliphatic rings. The topological polar surface area (TPSA) is 41.6 Å². The monoisotopic (exact) mass is 282 g/mol. The number of carbonyl (C=O) groups is 1. The summed E-state index contributed by atoms with van der Waals surface area (Å²) in [4.78, 5) is 14.7. The second-order valence-corrected chi connectivity index (χ2v) is 5.17. The number of methoxy groups -OCH3 is 1. The Morgan fingerprint density at radius 3 is 3.11 bits per heavy atom. The molecule has 0 aliphatic carbocycles. The summed E-state index contributed by atoms with van der Waals surface area (Å²) in [6.45, 7) is 1.21. The molecule has 1 aromatic heterocycles. The first-order valence-corrected chi connectivity index (χ1v) is 6.88. The summed E-state index contributed by atoms with van der Waals surface area (Å²) in [5.41, 5.74) is 0.542. The highest BCUT2D eigenvalue weighted by atomic mass is 32.1. The summed E-state index contributed by atoms with van der Waals surface area (Å²) in [6, 6.07) is 3.91. The molecule has 4 nitrogen and oxygen atoms in total. The van der Waals surface area contributed by atoms with Crippen LogP contribution in [0.3, 0.4) is 0 Å². The van der Waals surface area contributed by atoms with Gasteiger partial charge in [0.05, 0.1) is 0 Å². The number of hydrogen-bond acceptors (Lipinski definition) is 4. The fourth-order valence-electron chi connectivity index (χ4n) is 1.66. The van der Waals surface area contributed by atoms with Crippen LogP contribution in [0, 0.1) is 0 Å². The van der Waals surface area contributed by atoms with Crippen molar-refractivity contribution >= 4 is 40.7 Å². The zero-order chi connectivity index (χ0) is 13.0. The van der Waals surface area contributed by atoms with E-state index in [0.717, 1.165) is 11.3 Å². The van der Waals surface area contributed by atoms with Gasteiger partial charge >= 0.3 is 0 Å². The minimum Gasteiger partial charge on any atom is -0.385 e. The van der Waals surface area contributed by atoms with E-state index in [1.165, 1.54) is 0 Å². The fraction of sp³-hybridized carbons (Fsp3) is 0.333. The summed E-state index contributed by atoms with van der Waals surface area (Å²) in [5.74, 6) is -0.0653. The molecule has 0 saturated carbocycles. The zero-order valence-electron chi connectivity index (χ0n) is 10.0. The van der Waals surface area contributed by atoms with Gasteiger partial charge in [-0.2, -0.15) is 0 Å². The first kappa shape index (κ1) is 13.2. The number of thiophene rings is 1. The molecule has 0 radical (unpaired) electrons. The Balaban J connectivity index is 2.04. The third-order valence-corrected chi connectivity index (χ3v) is 3.66. The highest BCUT2D eigenvalue weighted by molar-refractivity contribution is 7.80. The maximum absolute atomic E-state index is 12.1. The van der Waals surface area contributed by atoms with Crippen LogP contribution >= 0.6 is 23.6 Å². The van der Waals surface area contributed by atoms with E-state index in [4.69, 9.17) is 17.0 Å². The highest BCUT2D eigenvalue weighted by Crippen LogP contribution is 2.17. The van der Waals surface area contributed by atoms with E-state index in [0.29, 0.717) is 24.0 Å². The minimum atomic E-state index is -0.0653. The van der Waals surface area contributed by atoms with Gasteiger partial charge in [0.25, 0.3) is 5.91 Å². The van der Waals surface area contributed by atoms with Crippen molar-refractivity contribution in [2.75, 3.05) is 20.3 Å². The number of nitrogens with one attached hydrogen (secondary N) is 1. The largest absolute Gasteiger partial charge is 0.385 e. The van der Waals surface area contributed by atoms with E-state index in [-0.39, 0.29) is 5.91 Å². The van der Waals surface area contributed by atoms with Crippen LogP contribution in [0.4, 0.5) is 0 Å². The van der Waals surface area contributed by atoms with Crippen molar-refractivity contribution in [3.63, 3.8) is 0 Å². The lowest BCUT2D eigenvalue weighted by Crippen LogP contribution is -2.32. The maximum Gasteiger partial charge on any atom is 0.276 e. The number of rotatable bonds is 5. The standard InChI is InChI=1S/C12H14N2O2S2/c1-16-6-3-5-14-11(15)10(13-12(14)17)8-9-4-2-7-18-9/h2,4,7-8H,3,5-6H2,1H3,(H,13,17)/b10-8+. The van der Waals surface area contributed by atoms with Crippen LogP contribution in [0.25, 0.3) is 6.08 Å². The number of hydrogen-bond donors (Lipinski definition) is 1. The molecule has 0 atom stereocenters. The summed E-state index contributed by atoms with van der Waals surface area (Å²) >= 11 is 6.74. The van der Waals surface area contributed by atoms with Crippen LogP contribution in [-0.4, -0.2) is 36.2 Å². The fourth-order valence-corrected chi connectivity index (χ4v) is 2.60. The molecule has 6 heteroatoms. The molecule has 1 aliphatic heterocycles. The second-order valence-electron chi connectivity index (χ2n) is 3.81. The van der Waals surface area contributed by atoms with Crippen LogP contribution in [0.2, 0.25) is 0 Å². The Morgan fingerprint density at radius 1 is 1.61 bits per heavy atom. The maximum atomic E-state index is 12.1. The quantitative estimate of drug-likeness (QED) is 0.508. The molecular weight excluding hydrogens is 268 g/mol. The van der Waals surface area contributed by atoms with Crippen molar-refractivity contribution in [2.24, 2.45) is 0 Å². The van der Waals surface area contributed by atoms with Crippen LogP contribution in [0.5, 0.6) is 0 Å². The first-order valence-electron chi connectivity index (χ1n) is 5.59. The van der Waals surface area contributed by atoms with Crippen LogP contribution in [0.15, 0.2) is 23.2 Å². The molecule has 1 N–H and O–H groups in total. The van der Waals surface area contributed by atoms with Gasteiger partial charge in [-0.25, -0.2) is 0 Å². The van der Waals surface area contributed by atoms with Gasteiger partial charge in [0.1, 0.15) is 5.70 Å². The predicted octanol–water partition coefficient (Wildman–Crippen LogP) is 1.84. The first-order chi connectivity index (χ1) is 8.72. The molecule has 0 aromatic carbocycles. The van der Waals surface area contributed by atoms with E-state index in [9.17, 15) is 4.79 Å². The normalized spacial score (nSPS) is 17.6. The lowest BCUT2D eigenvalue weighted by Gasteiger charge is -2.12. The van der Waals surface area contributed by atoms with E-state index in [2.05, 4.69) is 5.32 Å². The van der Waals surface area contributed by atoms with Gasteiger partial charge in [-0.05, 0) is 36.2 Å². The molecule has 2 rings (SSSR count). The van der Waals surface area contributed by atoms with E-state index in [1.54, 1.807) is 23.3 Å². The Morgan fingerprint density at radius 2 is 2.44 bits per heavy atom. The molecule has 0 spiro atoms. The lowest BCUT2D eigenvalue weighted by molar-refractivity contribution is -0.122. The Kier molecular flexibility index (Phi) is 4.46. The van der Waals surface area contributed by atoms with Crippen LogP contribution < -0.4 is 5.32 Å². The summed E-state index contributed by atoms with van der Waals surface area (Å²) in [7, 11) is 1.64. The number of carbonyl (C=O) groups excluding carboxylic acids is 1. The van der Waals surface area contributed by atoms with Crippen molar-refractivity contribution in [1.82, 2.24) is 10.2 Å². The molecular formula is C12H14N2O2S2. The number of amides is 1. The van der Waals surface area contributed by atoms with Gasteiger partial charge in [0.2, 0.25) is 0 Å². The third kappa shape index (κ3) is 2.95. The molecule has 1 fully saturated rings. The summed E-state index contributed by atoms with van der Waals surface area (Å²) in [5, 5.41) is 5.40. The van der Waals surface area contributed by atoms with Gasteiger partial charge in [-0.3, -0.25) is 9.69 Å². The predicted molar refractivity (Wildman–Crippen MR) is 76.2 cm³/mol. The number of ether oxygens (including phenoxy) is 1. The molecule has 0 unspecified atom stereocenters. The third-order valence-electron chi connectivity index (χ3n) is 2.52. The summed E-state index contributed by atoms with van der Waals surface area (Å²) < 4.78 is 4.97. The molecule has 1 amide bonds. The Labute approximate surface area is 115 Å². The van der Waals surface area contributed by atoms with Crippen molar-refractivity contribution in [3.8, 4) is 0 Å². The van der Waals surface area contributed by atoms with Gasteiger partial charge in [0.15, 0.2) is 5.11 Å². The zero-order valence-corrected chi connectivity index (χ0v) is 11.6. The van der Waals surface area contributed by atoms with Gasteiger partial charge < -0.3 is 10.1 Å². The smallest absolute Gasteiger partial charge is 0.276 e. The van der Waals surface area contributed by atoms with Gasteiger partial charge in [-0.15, -0.1) is 11.3 Å². The average molecular weight is 282 g/mol. The van der Waals surface area contributed by atoms with Crippen molar-refractivity contribution in [3.05, 3.63) is 28.1 Å². The molecule has 1 saturated heterocycles. The highest BCUT2D eigenvalue weighted by Gasteiger charge is 2.29. The van der Waals surface area contributed by atoms with Crippen molar-refractivity contribution in [1.29, 1.82) is 0 Å². The van der Waals surface area contributed by atoms with Gasteiger partial charge in [0, 0.05) is 25.1 Å². The lowest BCUT2D eigenvalue weighted by atomic mass is 10.3. The SMILES string of the molecule is COCCCN1C(=O)/C(=C\c2cccs2)NC1=S. The Bertz CT molecular complexity index is 468. The number of thiocarbonyl (C=S) groups is 1. The van der Waals surface area contributed by atoms with E-state index >= 15 is 0 Å². The molecule has 0 bridgehead atoms. The van der Waals surface area contributed by atoms with Crippen LogP contribution in [-0.2, 0) is 9.53 Å². The minimum absolute atomic E-state index is 0.0653. The Hall–Kier alpha value is -1.24. The average Bonchev–Trinajstić information content (AvgIpc) is 2.93. The molecule has 1 aromatic rings.